The van der Waals surface area contributed by atoms with Gasteiger partial charge in [0.2, 0.25) is 0 Å². The Morgan fingerprint density at radius 3 is 2.50 bits per heavy atom. The second-order valence-electron chi connectivity index (χ2n) is 6.29. The molecule has 4 rings (SSSR count). The van der Waals surface area contributed by atoms with Crippen LogP contribution in [0.3, 0.4) is 0 Å². The van der Waals surface area contributed by atoms with Crippen molar-refractivity contribution in [2.75, 3.05) is 31.6 Å². The zero-order chi connectivity index (χ0) is 18.0. The highest BCUT2D eigenvalue weighted by Crippen LogP contribution is 2.31. The number of nitrogens with zero attached hydrogens (tertiary/aromatic N) is 3. The first-order valence-corrected chi connectivity index (χ1v) is 8.94. The average Bonchev–Trinajstić information content (AvgIpc) is 3.12. The highest BCUT2D eigenvalue weighted by Gasteiger charge is 2.41. The van der Waals surface area contributed by atoms with E-state index in [0.29, 0.717) is 55.7 Å². The summed E-state index contributed by atoms with van der Waals surface area (Å²) in [6.45, 7) is 2.42. The van der Waals surface area contributed by atoms with Crippen molar-refractivity contribution in [1.29, 1.82) is 0 Å². The standard InChI is InChI=1S/C18H19ClN4O3/c19-13-3-1-2-4-14(13)22-16-12-20-15(11-21-16)17(24)23-7-5-18(6-8-23)25-9-10-26-18/h1-4,11-12H,5-10H2,(H,21,22). The lowest BCUT2D eigenvalue weighted by Gasteiger charge is -2.37. The molecule has 2 saturated heterocycles. The van der Waals surface area contributed by atoms with Crippen LogP contribution in [0.1, 0.15) is 23.3 Å². The van der Waals surface area contributed by atoms with Crippen LogP contribution in [0.25, 0.3) is 0 Å². The number of benzene rings is 1. The summed E-state index contributed by atoms with van der Waals surface area (Å²) in [5.41, 5.74) is 1.05. The van der Waals surface area contributed by atoms with E-state index < -0.39 is 5.79 Å². The summed E-state index contributed by atoms with van der Waals surface area (Å²) in [5, 5.41) is 3.68. The van der Waals surface area contributed by atoms with Crippen LogP contribution < -0.4 is 5.32 Å². The monoisotopic (exact) mass is 374 g/mol. The molecule has 7 nitrogen and oxygen atoms in total. The van der Waals surface area contributed by atoms with Gasteiger partial charge in [-0.25, -0.2) is 9.97 Å². The molecule has 0 atom stereocenters. The fraction of sp³-hybridized carbons (Fsp3) is 0.389. The molecule has 2 aliphatic rings. The number of likely N-dealkylation sites (tertiary alicyclic amines) is 1. The lowest BCUT2D eigenvalue weighted by atomic mass is 10.0. The van der Waals surface area contributed by atoms with Gasteiger partial charge in [0.1, 0.15) is 11.5 Å². The second-order valence-corrected chi connectivity index (χ2v) is 6.70. The molecule has 1 spiro atoms. The topological polar surface area (TPSA) is 76.6 Å². The average molecular weight is 375 g/mol. The van der Waals surface area contributed by atoms with Crippen LogP contribution in [0.15, 0.2) is 36.7 Å². The number of aromatic nitrogens is 2. The number of para-hydroxylation sites is 1. The summed E-state index contributed by atoms with van der Waals surface area (Å²) in [4.78, 5) is 22.9. The molecule has 1 aromatic heterocycles. The Bertz CT molecular complexity index is 783. The van der Waals surface area contributed by atoms with E-state index in [2.05, 4.69) is 15.3 Å². The Kier molecular flexibility index (Phi) is 4.76. The fourth-order valence-electron chi connectivity index (χ4n) is 3.20. The first-order chi connectivity index (χ1) is 12.7. The number of hydrogen-bond donors (Lipinski definition) is 1. The number of carbonyl (C=O) groups excluding carboxylic acids is 1. The lowest BCUT2D eigenvalue weighted by molar-refractivity contribution is -0.181. The zero-order valence-electron chi connectivity index (χ0n) is 14.2. The fourth-order valence-corrected chi connectivity index (χ4v) is 3.38. The quantitative estimate of drug-likeness (QED) is 0.890. The molecule has 0 unspecified atom stereocenters. The molecule has 26 heavy (non-hydrogen) atoms. The van der Waals surface area contributed by atoms with Gasteiger partial charge in [-0.3, -0.25) is 4.79 Å². The molecule has 1 N–H and O–H groups in total. The van der Waals surface area contributed by atoms with E-state index >= 15 is 0 Å². The Balaban J connectivity index is 1.39. The summed E-state index contributed by atoms with van der Waals surface area (Å²) in [6, 6.07) is 7.36. The Hall–Kier alpha value is -2.22. The molecule has 0 saturated carbocycles. The molecule has 136 valence electrons. The van der Waals surface area contributed by atoms with Crippen molar-refractivity contribution >= 4 is 29.0 Å². The summed E-state index contributed by atoms with van der Waals surface area (Å²) >= 11 is 6.12. The molecule has 2 fully saturated rings. The molecule has 2 aromatic rings. The number of piperidine rings is 1. The van der Waals surface area contributed by atoms with Gasteiger partial charge in [-0.2, -0.15) is 0 Å². The van der Waals surface area contributed by atoms with E-state index in [4.69, 9.17) is 21.1 Å². The van der Waals surface area contributed by atoms with Crippen LogP contribution in [0, 0.1) is 0 Å². The van der Waals surface area contributed by atoms with Gasteiger partial charge in [-0.1, -0.05) is 23.7 Å². The van der Waals surface area contributed by atoms with E-state index in [1.807, 2.05) is 18.2 Å². The van der Waals surface area contributed by atoms with Crippen molar-refractivity contribution in [3.63, 3.8) is 0 Å². The smallest absolute Gasteiger partial charge is 0.274 e. The summed E-state index contributed by atoms with van der Waals surface area (Å²) in [7, 11) is 0. The minimum atomic E-state index is -0.495. The van der Waals surface area contributed by atoms with E-state index in [-0.39, 0.29) is 5.91 Å². The normalized spacial score (nSPS) is 18.9. The molecular weight excluding hydrogens is 356 g/mol. The van der Waals surface area contributed by atoms with Crippen LogP contribution in [0.4, 0.5) is 11.5 Å². The van der Waals surface area contributed by atoms with Crippen molar-refractivity contribution in [3.05, 3.63) is 47.4 Å². The maximum atomic E-state index is 12.6. The maximum Gasteiger partial charge on any atom is 0.274 e. The van der Waals surface area contributed by atoms with Crippen molar-refractivity contribution < 1.29 is 14.3 Å². The van der Waals surface area contributed by atoms with Gasteiger partial charge in [0.25, 0.3) is 5.91 Å². The molecule has 0 radical (unpaired) electrons. The van der Waals surface area contributed by atoms with Crippen molar-refractivity contribution in [1.82, 2.24) is 14.9 Å². The lowest BCUT2D eigenvalue weighted by Crippen LogP contribution is -2.47. The molecular formula is C18H19ClN4O3. The van der Waals surface area contributed by atoms with Gasteiger partial charge < -0.3 is 19.7 Å². The minimum Gasteiger partial charge on any atom is -0.347 e. The number of hydrogen-bond acceptors (Lipinski definition) is 6. The van der Waals surface area contributed by atoms with Crippen LogP contribution in [-0.2, 0) is 9.47 Å². The van der Waals surface area contributed by atoms with Crippen LogP contribution in [0.5, 0.6) is 0 Å². The number of halogens is 1. The first kappa shape index (κ1) is 17.2. The Morgan fingerprint density at radius 1 is 1.12 bits per heavy atom. The SMILES string of the molecule is O=C(c1cnc(Nc2ccccc2Cl)cn1)N1CCC2(CC1)OCCO2. The molecule has 1 amide bonds. The van der Waals surface area contributed by atoms with Crippen LogP contribution in [-0.4, -0.2) is 52.9 Å². The van der Waals surface area contributed by atoms with E-state index in [9.17, 15) is 4.79 Å². The highest BCUT2D eigenvalue weighted by molar-refractivity contribution is 6.33. The Morgan fingerprint density at radius 2 is 1.85 bits per heavy atom. The van der Waals surface area contributed by atoms with Crippen LogP contribution in [0.2, 0.25) is 5.02 Å². The summed E-state index contributed by atoms with van der Waals surface area (Å²) in [6.07, 6.45) is 4.37. The Labute approximate surface area is 156 Å². The number of carbonyl (C=O) groups is 1. The van der Waals surface area contributed by atoms with Gasteiger partial charge in [0.05, 0.1) is 36.3 Å². The third kappa shape index (κ3) is 3.51. The molecule has 0 aliphatic carbocycles. The first-order valence-electron chi connectivity index (χ1n) is 8.56. The predicted octanol–water partition coefficient (Wildman–Crippen LogP) is 2.85. The molecule has 3 heterocycles. The van der Waals surface area contributed by atoms with E-state index in [0.717, 1.165) is 5.69 Å². The number of nitrogens with one attached hydrogen (secondary N) is 1. The third-order valence-corrected chi connectivity index (χ3v) is 4.96. The van der Waals surface area contributed by atoms with Crippen molar-refractivity contribution in [2.45, 2.75) is 18.6 Å². The van der Waals surface area contributed by atoms with Crippen LogP contribution >= 0.6 is 11.6 Å². The van der Waals surface area contributed by atoms with E-state index in [1.54, 1.807) is 11.0 Å². The zero-order valence-corrected chi connectivity index (χ0v) is 14.9. The summed E-state index contributed by atoms with van der Waals surface area (Å²) in [5.74, 6) is -0.0970. The predicted molar refractivity (Wildman–Crippen MR) is 96.5 cm³/mol. The van der Waals surface area contributed by atoms with Gasteiger partial charge in [0.15, 0.2) is 5.79 Å². The van der Waals surface area contributed by atoms with E-state index in [1.165, 1.54) is 12.4 Å². The number of amides is 1. The number of ether oxygens (including phenoxy) is 2. The van der Waals surface area contributed by atoms with Gasteiger partial charge >= 0.3 is 0 Å². The van der Waals surface area contributed by atoms with Crippen molar-refractivity contribution in [3.8, 4) is 0 Å². The largest absolute Gasteiger partial charge is 0.347 e. The number of rotatable bonds is 3. The minimum absolute atomic E-state index is 0.130. The highest BCUT2D eigenvalue weighted by atomic mass is 35.5. The molecule has 1 aromatic carbocycles. The molecule has 2 aliphatic heterocycles. The second kappa shape index (κ2) is 7.19. The third-order valence-electron chi connectivity index (χ3n) is 4.63. The van der Waals surface area contributed by atoms with Gasteiger partial charge in [-0.05, 0) is 12.1 Å². The van der Waals surface area contributed by atoms with Crippen molar-refractivity contribution in [2.24, 2.45) is 0 Å². The van der Waals surface area contributed by atoms with Gasteiger partial charge in [0, 0.05) is 25.9 Å². The molecule has 0 bridgehead atoms. The van der Waals surface area contributed by atoms with Gasteiger partial charge in [-0.15, -0.1) is 0 Å². The maximum absolute atomic E-state index is 12.6. The number of anilines is 2. The molecule has 8 heteroatoms. The summed E-state index contributed by atoms with van der Waals surface area (Å²) < 4.78 is 11.4.